The van der Waals surface area contributed by atoms with E-state index in [4.69, 9.17) is 0 Å². The Morgan fingerprint density at radius 3 is 2.32 bits per heavy atom. The number of sulfone groups is 1. The molecule has 2 aromatic rings. The lowest BCUT2D eigenvalue weighted by Gasteiger charge is -2.05. The van der Waals surface area contributed by atoms with E-state index in [1.54, 1.807) is 35.7 Å². The number of aryl methyl sites for hydroxylation is 1. The standard InChI is InChI=1S/C20H17BrO2S2/c1-16-6-12-20(13-7-16)25(22,23)19(14-15-24-2)5-3-4-17-8-10-18(21)11-9-17/h5-15H,1-2H3/b15-14+,19-5+. The van der Waals surface area contributed by atoms with Gasteiger partial charge in [-0.25, -0.2) is 8.42 Å². The zero-order valence-electron chi connectivity index (χ0n) is 13.9. The van der Waals surface area contributed by atoms with E-state index >= 15 is 0 Å². The van der Waals surface area contributed by atoms with Gasteiger partial charge in [-0.15, -0.1) is 11.8 Å². The first-order chi connectivity index (χ1) is 11.9. The fraction of sp³-hybridized carbons (Fsp3) is 0.100. The smallest absolute Gasteiger partial charge is 0.207 e. The third-order valence-corrected chi connectivity index (χ3v) is 5.99. The van der Waals surface area contributed by atoms with E-state index in [1.165, 1.54) is 17.8 Å². The molecule has 0 unspecified atom stereocenters. The molecule has 0 radical (unpaired) electrons. The van der Waals surface area contributed by atoms with Gasteiger partial charge in [0, 0.05) is 16.1 Å². The summed E-state index contributed by atoms with van der Waals surface area (Å²) in [6.07, 6.45) is 4.90. The molecule has 0 N–H and O–H groups in total. The van der Waals surface area contributed by atoms with Gasteiger partial charge in [-0.3, -0.25) is 0 Å². The van der Waals surface area contributed by atoms with Gasteiger partial charge in [0.05, 0.1) is 9.80 Å². The van der Waals surface area contributed by atoms with Crippen LogP contribution in [0, 0.1) is 18.8 Å². The molecule has 0 fully saturated rings. The largest absolute Gasteiger partial charge is 0.218 e. The molecule has 0 spiro atoms. The third-order valence-electron chi connectivity index (χ3n) is 3.29. The maximum absolute atomic E-state index is 12.8. The van der Waals surface area contributed by atoms with E-state index in [2.05, 4.69) is 27.8 Å². The topological polar surface area (TPSA) is 34.1 Å². The molecule has 0 aromatic heterocycles. The van der Waals surface area contributed by atoms with Crippen molar-refractivity contribution in [2.45, 2.75) is 11.8 Å². The molecule has 25 heavy (non-hydrogen) atoms. The average Bonchev–Trinajstić information content (AvgIpc) is 2.59. The monoisotopic (exact) mass is 432 g/mol. The molecule has 128 valence electrons. The van der Waals surface area contributed by atoms with Crippen LogP contribution in [0.2, 0.25) is 0 Å². The molecular weight excluding hydrogens is 416 g/mol. The van der Waals surface area contributed by atoms with Crippen molar-refractivity contribution in [3.8, 4) is 11.8 Å². The lowest BCUT2D eigenvalue weighted by molar-refractivity contribution is 0.603. The van der Waals surface area contributed by atoms with Crippen LogP contribution in [0.5, 0.6) is 0 Å². The molecule has 5 heteroatoms. The Morgan fingerprint density at radius 2 is 1.72 bits per heavy atom. The van der Waals surface area contributed by atoms with Crippen molar-refractivity contribution in [3.05, 3.63) is 86.6 Å². The van der Waals surface area contributed by atoms with E-state index in [-0.39, 0.29) is 9.80 Å². The minimum atomic E-state index is -3.60. The normalized spacial score (nSPS) is 12.0. The van der Waals surface area contributed by atoms with Gasteiger partial charge in [-0.05, 0) is 61.1 Å². The van der Waals surface area contributed by atoms with Crippen molar-refractivity contribution >= 4 is 37.5 Å². The fourth-order valence-electron chi connectivity index (χ4n) is 1.93. The highest BCUT2D eigenvalue weighted by Crippen LogP contribution is 2.21. The van der Waals surface area contributed by atoms with Crippen LogP contribution < -0.4 is 0 Å². The number of allylic oxidation sites excluding steroid dienone is 2. The lowest BCUT2D eigenvalue weighted by atomic mass is 10.2. The highest BCUT2D eigenvalue weighted by Gasteiger charge is 2.18. The summed E-state index contributed by atoms with van der Waals surface area (Å²) in [5.41, 5.74) is 1.83. The van der Waals surface area contributed by atoms with Gasteiger partial charge in [0.2, 0.25) is 9.84 Å². The van der Waals surface area contributed by atoms with Crippen LogP contribution >= 0.6 is 27.7 Å². The molecule has 0 bridgehead atoms. The molecule has 0 saturated heterocycles. The Balaban J connectivity index is 2.40. The van der Waals surface area contributed by atoms with Gasteiger partial charge in [0.1, 0.15) is 0 Å². The zero-order chi connectivity index (χ0) is 18.3. The summed E-state index contributed by atoms with van der Waals surface area (Å²) < 4.78 is 26.6. The molecular formula is C20H17BrO2S2. The van der Waals surface area contributed by atoms with E-state index in [1.807, 2.05) is 37.4 Å². The second-order valence-corrected chi connectivity index (χ2v) is 8.79. The Kier molecular flexibility index (Phi) is 7.12. The number of benzene rings is 2. The second-order valence-electron chi connectivity index (χ2n) is 5.18. The van der Waals surface area contributed by atoms with E-state index in [9.17, 15) is 8.42 Å². The Bertz CT molecular complexity index is 943. The van der Waals surface area contributed by atoms with Crippen LogP contribution in [0.4, 0.5) is 0 Å². The van der Waals surface area contributed by atoms with Crippen molar-refractivity contribution in [1.29, 1.82) is 0 Å². The van der Waals surface area contributed by atoms with Gasteiger partial charge >= 0.3 is 0 Å². The molecule has 2 aromatic carbocycles. The first kappa shape index (κ1) is 19.6. The van der Waals surface area contributed by atoms with E-state index < -0.39 is 9.84 Å². The summed E-state index contributed by atoms with van der Waals surface area (Å²) in [7, 11) is -3.60. The minimum absolute atomic E-state index is 0.176. The van der Waals surface area contributed by atoms with Crippen molar-refractivity contribution in [2.75, 3.05) is 6.26 Å². The highest BCUT2D eigenvalue weighted by molar-refractivity contribution is 9.10. The first-order valence-corrected chi connectivity index (χ1v) is 11.0. The first-order valence-electron chi connectivity index (χ1n) is 7.42. The Hall–Kier alpha value is -1.74. The lowest BCUT2D eigenvalue weighted by Crippen LogP contribution is -2.03. The maximum atomic E-state index is 12.8. The Labute approximate surface area is 162 Å². The third kappa shape index (κ3) is 5.64. The number of hydrogen-bond donors (Lipinski definition) is 0. The quantitative estimate of drug-likeness (QED) is 0.482. The second kappa shape index (κ2) is 9.10. The molecule has 0 amide bonds. The van der Waals surface area contributed by atoms with Crippen LogP contribution in [0.1, 0.15) is 11.1 Å². The molecule has 0 saturated carbocycles. The van der Waals surface area contributed by atoms with E-state index in [0.717, 1.165) is 15.6 Å². The number of hydrogen-bond acceptors (Lipinski definition) is 3. The number of halogens is 1. The molecule has 0 aliphatic carbocycles. The van der Waals surface area contributed by atoms with Crippen LogP contribution in [-0.2, 0) is 9.84 Å². The van der Waals surface area contributed by atoms with Crippen LogP contribution in [0.15, 0.2) is 80.4 Å². The van der Waals surface area contributed by atoms with Crippen molar-refractivity contribution in [3.63, 3.8) is 0 Å². The van der Waals surface area contributed by atoms with Gasteiger partial charge < -0.3 is 0 Å². The molecule has 2 nitrogen and oxygen atoms in total. The minimum Gasteiger partial charge on any atom is -0.218 e. The van der Waals surface area contributed by atoms with Crippen LogP contribution in [-0.4, -0.2) is 14.7 Å². The average molecular weight is 433 g/mol. The number of rotatable bonds is 4. The summed E-state index contributed by atoms with van der Waals surface area (Å²) in [5.74, 6) is 5.81. The summed E-state index contributed by atoms with van der Waals surface area (Å²) in [6, 6.07) is 14.3. The predicted octanol–water partition coefficient (Wildman–Crippen LogP) is 5.34. The summed E-state index contributed by atoms with van der Waals surface area (Å²) in [5, 5.41) is 1.74. The summed E-state index contributed by atoms with van der Waals surface area (Å²) in [4.78, 5) is 0.441. The van der Waals surface area contributed by atoms with Crippen molar-refractivity contribution in [2.24, 2.45) is 0 Å². The van der Waals surface area contributed by atoms with Crippen molar-refractivity contribution < 1.29 is 8.42 Å². The molecule has 0 heterocycles. The van der Waals surface area contributed by atoms with E-state index in [0.29, 0.717) is 0 Å². The van der Waals surface area contributed by atoms with Gasteiger partial charge in [0.15, 0.2) is 0 Å². The molecule has 0 aliphatic rings. The summed E-state index contributed by atoms with van der Waals surface area (Å²) >= 11 is 4.81. The van der Waals surface area contributed by atoms with Gasteiger partial charge in [0.25, 0.3) is 0 Å². The fourth-order valence-corrected chi connectivity index (χ4v) is 3.79. The van der Waals surface area contributed by atoms with Crippen LogP contribution in [0.3, 0.4) is 0 Å². The zero-order valence-corrected chi connectivity index (χ0v) is 17.1. The van der Waals surface area contributed by atoms with Gasteiger partial charge in [-0.1, -0.05) is 45.5 Å². The molecule has 0 atom stereocenters. The van der Waals surface area contributed by atoms with Gasteiger partial charge in [-0.2, -0.15) is 0 Å². The predicted molar refractivity (Wildman–Crippen MR) is 110 cm³/mol. The maximum Gasteiger partial charge on any atom is 0.207 e. The highest BCUT2D eigenvalue weighted by atomic mass is 79.9. The summed E-state index contributed by atoms with van der Waals surface area (Å²) in [6.45, 7) is 1.92. The molecule has 0 aliphatic heterocycles. The van der Waals surface area contributed by atoms with Crippen LogP contribution in [0.25, 0.3) is 0 Å². The molecule has 2 rings (SSSR count). The van der Waals surface area contributed by atoms with Crippen molar-refractivity contribution in [1.82, 2.24) is 0 Å². The number of thioether (sulfide) groups is 1. The SMILES string of the molecule is CS/C=C/C(=C\C#Cc1ccc(Br)cc1)S(=O)(=O)c1ccc(C)cc1. The Morgan fingerprint density at radius 1 is 1.08 bits per heavy atom.